The van der Waals surface area contributed by atoms with Crippen molar-refractivity contribution in [3.05, 3.63) is 12.2 Å². The van der Waals surface area contributed by atoms with Crippen molar-refractivity contribution in [3.8, 4) is 0 Å². The molecule has 0 heterocycles. The van der Waals surface area contributed by atoms with Crippen LogP contribution in [0.3, 0.4) is 0 Å². The number of phosphoric acid groups is 1. The molecule has 0 amide bonds. The Morgan fingerprint density at radius 2 is 0.758 bits per heavy atom. The average molecular weight is 956 g/mol. The summed E-state index contributed by atoms with van der Waals surface area (Å²) in [5.41, 5.74) is 5.38. The molecule has 0 fully saturated rings. The Morgan fingerprint density at radius 1 is 0.439 bits per heavy atom. The monoisotopic (exact) mass is 956 g/mol. The van der Waals surface area contributed by atoms with E-state index in [4.69, 9.17) is 24.3 Å². The fraction of sp³-hybridized carbons (Fsp3) is 0.929. The van der Waals surface area contributed by atoms with Crippen LogP contribution in [0.25, 0.3) is 0 Å². The van der Waals surface area contributed by atoms with Crippen molar-refractivity contribution in [2.75, 3.05) is 26.4 Å². The lowest BCUT2D eigenvalue weighted by atomic mass is 10.0. The summed E-state index contributed by atoms with van der Waals surface area (Å²) in [6, 6.07) is 0. The van der Waals surface area contributed by atoms with E-state index >= 15 is 0 Å². The van der Waals surface area contributed by atoms with E-state index in [1.807, 2.05) is 0 Å². The first kappa shape index (κ1) is 64.8. The van der Waals surface area contributed by atoms with Crippen LogP contribution in [0, 0.1) is 0 Å². The lowest BCUT2D eigenvalue weighted by molar-refractivity contribution is -0.161. The molecule has 9 nitrogen and oxygen atoms in total. The minimum Gasteiger partial charge on any atom is -0.462 e. The van der Waals surface area contributed by atoms with Gasteiger partial charge in [-0.2, -0.15) is 0 Å². The van der Waals surface area contributed by atoms with E-state index in [1.54, 1.807) is 0 Å². The minimum absolute atomic E-state index is 0.0531. The Bertz CT molecular complexity index is 1090. The predicted molar refractivity (Wildman–Crippen MR) is 280 cm³/mol. The van der Waals surface area contributed by atoms with Gasteiger partial charge in [-0.15, -0.1) is 0 Å². The van der Waals surface area contributed by atoms with E-state index in [0.29, 0.717) is 6.42 Å². The van der Waals surface area contributed by atoms with Gasteiger partial charge < -0.3 is 20.1 Å². The number of phosphoric ester groups is 1. The molecule has 0 rings (SSSR count). The van der Waals surface area contributed by atoms with Crippen molar-refractivity contribution in [3.63, 3.8) is 0 Å². The maximum absolute atomic E-state index is 12.7. The van der Waals surface area contributed by atoms with Crippen LogP contribution in [0.2, 0.25) is 0 Å². The van der Waals surface area contributed by atoms with E-state index in [-0.39, 0.29) is 38.6 Å². The summed E-state index contributed by atoms with van der Waals surface area (Å²) in [5, 5.41) is 0. The summed E-state index contributed by atoms with van der Waals surface area (Å²) in [5.74, 6) is -0.845. The summed E-state index contributed by atoms with van der Waals surface area (Å²) in [7, 11) is -4.39. The van der Waals surface area contributed by atoms with Crippen molar-refractivity contribution < 1.29 is 37.6 Å². The molecule has 0 aliphatic heterocycles. The van der Waals surface area contributed by atoms with Crippen molar-refractivity contribution in [2.24, 2.45) is 5.73 Å². The van der Waals surface area contributed by atoms with Gasteiger partial charge in [-0.3, -0.25) is 18.6 Å². The van der Waals surface area contributed by atoms with Crippen LogP contribution in [-0.4, -0.2) is 49.3 Å². The van der Waals surface area contributed by atoms with Crippen LogP contribution in [0.5, 0.6) is 0 Å². The van der Waals surface area contributed by atoms with Gasteiger partial charge in [0.1, 0.15) is 6.61 Å². The maximum Gasteiger partial charge on any atom is 0.472 e. The summed E-state index contributed by atoms with van der Waals surface area (Å²) in [6.07, 6.45) is 59.9. The smallest absolute Gasteiger partial charge is 0.462 e. The van der Waals surface area contributed by atoms with E-state index in [2.05, 4.69) is 26.0 Å². The van der Waals surface area contributed by atoms with E-state index in [0.717, 1.165) is 32.1 Å². The van der Waals surface area contributed by atoms with Gasteiger partial charge in [-0.25, -0.2) is 4.57 Å². The fourth-order valence-corrected chi connectivity index (χ4v) is 9.41. The molecule has 0 radical (unpaired) electrons. The fourth-order valence-electron chi connectivity index (χ4n) is 8.64. The molecule has 3 N–H and O–H groups in total. The molecule has 0 saturated carbocycles. The van der Waals surface area contributed by atoms with Gasteiger partial charge in [0.2, 0.25) is 0 Å². The topological polar surface area (TPSA) is 134 Å². The number of hydrogen-bond donors (Lipinski definition) is 2. The second kappa shape index (κ2) is 53.1. The molecule has 1 unspecified atom stereocenters. The van der Waals surface area contributed by atoms with Gasteiger partial charge in [-0.1, -0.05) is 270 Å². The molecule has 0 aromatic rings. The van der Waals surface area contributed by atoms with Crippen LogP contribution in [0.15, 0.2) is 12.2 Å². The minimum atomic E-state index is -4.39. The molecule has 0 saturated heterocycles. The van der Waals surface area contributed by atoms with E-state index < -0.39 is 26.5 Å². The number of unbranched alkanes of at least 4 members (excludes halogenated alkanes) is 40. The quantitative estimate of drug-likeness (QED) is 0.0264. The Balaban J connectivity index is 3.96. The van der Waals surface area contributed by atoms with Gasteiger partial charge in [0.15, 0.2) is 6.10 Å². The molecular formula is C56H110NO8P. The van der Waals surface area contributed by atoms with Crippen molar-refractivity contribution >= 4 is 19.8 Å². The first-order chi connectivity index (χ1) is 32.3. The van der Waals surface area contributed by atoms with Crippen LogP contribution >= 0.6 is 7.82 Å². The highest BCUT2D eigenvalue weighted by Crippen LogP contribution is 2.43. The van der Waals surface area contributed by atoms with Crippen LogP contribution in [-0.2, 0) is 32.7 Å². The molecule has 0 aromatic carbocycles. The number of esters is 2. The number of carbonyl (C=O) groups is 2. The lowest BCUT2D eigenvalue weighted by Crippen LogP contribution is -2.29. The third-order valence-electron chi connectivity index (χ3n) is 12.9. The summed E-state index contributed by atoms with van der Waals surface area (Å²) in [4.78, 5) is 35.1. The maximum atomic E-state index is 12.7. The normalized spacial score (nSPS) is 13.1. The molecule has 10 heteroatoms. The number of carbonyl (C=O) groups excluding carboxylic acids is 2. The van der Waals surface area contributed by atoms with Crippen molar-refractivity contribution in [1.29, 1.82) is 0 Å². The highest BCUT2D eigenvalue weighted by molar-refractivity contribution is 7.47. The molecule has 392 valence electrons. The molecular weight excluding hydrogens is 846 g/mol. The number of allylic oxidation sites excluding steroid dienone is 2. The Kier molecular flexibility index (Phi) is 52.1. The first-order valence-electron chi connectivity index (χ1n) is 28.7. The standard InChI is InChI=1S/C56H110NO8P/c1-3-5-7-9-11-13-15-17-19-21-23-25-27-29-31-33-35-37-39-41-43-45-47-49-56(59)65-54(53-64-66(60,61)63-51-50-57)52-62-55(58)48-46-44-42-40-38-36-34-32-30-28-26-24-22-20-18-16-14-12-10-8-6-4-2/h41,43,54H,3-40,42,44-53,57H2,1-2H3,(H,60,61)/b43-41+/t54-/m1/s1. The van der Waals surface area contributed by atoms with E-state index in [9.17, 15) is 19.0 Å². The molecule has 0 spiro atoms. The molecule has 66 heavy (non-hydrogen) atoms. The lowest BCUT2D eigenvalue weighted by Gasteiger charge is -2.19. The van der Waals surface area contributed by atoms with Crippen molar-refractivity contribution in [2.45, 2.75) is 309 Å². The van der Waals surface area contributed by atoms with Gasteiger partial charge in [0, 0.05) is 19.4 Å². The van der Waals surface area contributed by atoms with Gasteiger partial charge >= 0.3 is 19.8 Å². The third kappa shape index (κ3) is 52.1. The third-order valence-corrected chi connectivity index (χ3v) is 13.9. The van der Waals surface area contributed by atoms with Crippen LogP contribution in [0.4, 0.5) is 0 Å². The largest absolute Gasteiger partial charge is 0.472 e. The molecule has 0 aliphatic rings. The van der Waals surface area contributed by atoms with Gasteiger partial charge in [-0.05, 0) is 32.1 Å². The number of ether oxygens (including phenoxy) is 2. The second-order valence-electron chi connectivity index (χ2n) is 19.5. The zero-order chi connectivity index (χ0) is 48.1. The van der Waals surface area contributed by atoms with Crippen molar-refractivity contribution in [1.82, 2.24) is 0 Å². The summed E-state index contributed by atoms with van der Waals surface area (Å²) in [6.45, 7) is 3.78. The Labute approximate surface area is 409 Å². The number of rotatable bonds is 55. The molecule has 0 bridgehead atoms. The summed E-state index contributed by atoms with van der Waals surface area (Å²) < 4.78 is 33.0. The summed E-state index contributed by atoms with van der Waals surface area (Å²) >= 11 is 0. The SMILES string of the molecule is CCCCCCCCCCCCCCCCCCCC/C=C/CCCC(=O)O[C@H](COC(=O)CCCCCCCCCCCCCCCCCCCCCCCC)COP(=O)(O)OCCN. The highest BCUT2D eigenvalue weighted by atomic mass is 31.2. The van der Waals surface area contributed by atoms with E-state index in [1.165, 1.54) is 238 Å². The van der Waals surface area contributed by atoms with Gasteiger partial charge in [0.05, 0.1) is 13.2 Å². The highest BCUT2D eigenvalue weighted by Gasteiger charge is 2.26. The Hall–Kier alpha value is -1.25. The van der Waals surface area contributed by atoms with Crippen LogP contribution < -0.4 is 5.73 Å². The zero-order valence-corrected chi connectivity index (χ0v) is 44.6. The molecule has 2 atom stereocenters. The molecule has 0 aliphatic carbocycles. The number of nitrogens with two attached hydrogens (primary N) is 1. The first-order valence-corrected chi connectivity index (χ1v) is 30.2. The second-order valence-corrected chi connectivity index (χ2v) is 21.0. The van der Waals surface area contributed by atoms with Crippen LogP contribution in [0.1, 0.15) is 303 Å². The Morgan fingerprint density at radius 3 is 1.12 bits per heavy atom. The zero-order valence-electron chi connectivity index (χ0n) is 43.7. The van der Waals surface area contributed by atoms with Gasteiger partial charge in [0.25, 0.3) is 0 Å². The average Bonchev–Trinajstić information content (AvgIpc) is 3.31. The molecule has 0 aromatic heterocycles. The predicted octanol–water partition coefficient (Wildman–Crippen LogP) is 17.7. The number of hydrogen-bond acceptors (Lipinski definition) is 8.